The highest BCUT2D eigenvalue weighted by molar-refractivity contribution is 5.68. The molecule has 18 heavy (non-hydrogen) atoms. The Morgan fingerprint density at radius 2 is 2.00 bits per heavy atom. The van der Waals surface area contributed by atoms with Gasteiger partial charge in [0, 0.05) is 12.3 Å². The van der Waals surface area contributed by atoms with Crippen LogP contribution >= 0.6 is 0 Å². The second-order valence-electron chi connectivity index (χ2n) is 5.90. The van der Waals surface area contributed by atoms with Crippen molar-refractivity contribution in [3.05, 3.63) is 0 Å². The van der Waals surface area contributed by atoms with Crippen LogP contribution in [0.1, 0.15) is 52.9 Å². The number of nitrogens with zero attached hydrogens (tertiary/aromatic N) is 1. The minimum Gasteiger partial charge on any atom is -0.444 e. The zero-order chi connectivity index (χ0) is 13.6. The molecule has 1 saturated carbocycles. The highest BCUT2D eigenvalue weighted by Gasteiger charge is 2.24. The molecule has 0 saturated heterocycles. The molecule has 0 bridgehead atoms. The number of amides is 1. The van der Waals surface area contributed by atoms with Gasteiger partial charge < -0.3 is 15.3 Å². The Hall–Kier alpha value is -1.26. The van der Waals surface area contributed by atoms with E-state index in [0.717, 1.165) is 32.1 Å². The summed E-state index contributed by atoms with van der Waals surface area (Å²) in [6, 6.07) is 0.210. The van der Waals surface area contributed by atoms with Crippen LogP contribution in [0.2, 0.25) is 0 Å². The third-order valence-corrected chi connectivity index (χ3v) is 3.09. The number of oxime groups is 1. The number of alkyl carbamates (subject to hydrolysis) is 1. The number of hydrogen-bond acceptors (Lipinski definition) is 4. The summed E-state index contributed by atoms with van der Waals surface area (Å²) in [5, 5.41) is 14.3. The van der Waals surface area contributed by atoms with Crippen LogP contribution in [0.3, 0.4) is 0 Å². The largest absolute Gasteiger partial charge is 0.444 e. The topological polar surface area (TPSA) is 70.9 Å². The number of carbonyl (C=O) groups is 1. The van der Waals surface area contributed by atoms with E-state index in [-0.39, 0.29) is 12.1 Å². The molecule has 5 nitrogen and oxygen atoms in total. The molecular formula is C13H24N2O3. The van der Waals surface area contributed by atoms with Gasteiger partial charge in [-0.2, -0.15) is 0 Å². The summed E-state index contributed by atoms with van der Waals surface area (Å²) in [5.74, 6) is 0.567. The first-order valence-corrected chi connectivity index (χ1v) is 6.56. The maximum atomic E-state index is 11.6. The third kappa shape index (κ3) is 5.89. The zero-order valence-electron chi connectivity index (χ0n) is 11.5. The summed E-state index contributed by atoms with van der Waals surface area (Å²) in [6.45, 7) is 5.58. The van der Waals surface area contributed by atoms with E-state index in [0.29, 0.717) is 5.92 Å². The van der Waals surface area contributed by atoms with Crippen molar-refractivity contribution in [2.75, 3.05) is 0 Å². The Bertz CT molecular complexity index is 289. The molecule has 0 aromatic heterocycles. The molecule has 1 rings (SSSR count). The molecule has 0 aromatic carbocycles. The third-order valence-electron chi connectivity index (χ3n) is 3.09. The fourth-order valence-electron chi connectivity index (χ4n) is 2.21. The fraction of sp³-hybridized carbons (Fsp3) is 0.846. The van der Waals surface area contributed by atoms with Gasteiger partial charge in [0.1, 0.15) is 5.60 Å². The Morgan fingerprint density at radius 3 is 2.50 bits per heavy atom. The summed E-state index contributed by atoms with van der Waals surface area (Å²) in [6.07, 6.45) is 6.05. The first-order valence-electron chi connectivity index (χ1n) is 6.56. The number of carbonyl (C=O) groups excluding carboxylic acids is 1. The van der Waals surface area contributed by atoms with Crippen LogP contribution in [0, 0.1) is 5.92 Å². The molecule has 5 heteroatoms. The van der Waals surface area contributed by atoms with Crippen LogP contribution in [0.25, 0.3) is 0 Å². The van der Waals surface area contributed by atoms with Gasteiger partial charge in [0.15, 0.2) is 0 Å². The lowest BCUT2D eigenvalue weighted by Gasteiger charge is -2.29. The molecular weight excluding hydrogens is 232 g/mol. The van der Waals surface area contributed by atoms with E-state index in [1.165, 1.54) is 0 Å². The fourth-order valence-corrected chi connectivity index (χ4v) is 2.21. The Labute approximate surface area is 109 Å². The molecule has 1 amide bonds. The van der Waals surface area contributed by atoms with Gasteiger partial charge in [-0.15, -0.1) is 5.16 Å². The highest BCUT2D eigenvalue weighted by Crippen LogP contribution is 2.26. The van der Waals surface area contributed by atoms with Gasteiger partial charge in [-0.3, -0.25) is 0 Å². The average Bonchev–Trinajstić information content (AvgIpc) is 2.25. The average molecular weight is 256 g/mol. The molecule has 0 radical (unpaired) electrons. The van der Waals surface area contributed by atoms with Crippen LogP contribution in [0.15, 0.2) is 5.16 Å². The number of rotatable bonds is 3. The predicted molar refractivity (Wildman–Crippen MR) is 70.0 cm³/mol. The van der Waals surface area contributed by atoms with E-state index in [1.807, 2.05) is 20.8 Å². The molecule has 0 unspecified atom stereocenters. The first kappa shape index (κ1) is 14.8. The summed E-state index contributed by atoms with van der Waals surface area (Å²) in [5.41, 5.74) is -0.446. The SMILES string of the molecule is CC(C)(C)OC(=O)N[C@H]1CC[C@H](C/C=N/O)CC1. The second kappa shape index (κ2) is 6.61. The van der Waals surface area contributed by atoms with E-state index < -0.39 is 5.60 Å². The zero-order valence-corrected chi connectivity index (χ0v) is 11.5. The van der Waals surface area contributed by atoms with Gasteiger partial charge in [0.25, 0.3) is 0 Å². The van der Waals surface area contributed by atoms with Crippen molar-refractivity contribution >= 4 is 12.3 Å². The summed E-state index contributed by atoms with van der Waals surface area (Å²) >= 11 is 0. The van der Waals surface area contributed by atoms with Gasteiger partial charge in [-0.1, -0.05) is 0 Å². The van der Waals surface area contributed by atoms with Gasteiger partial charge >= 0.3 is 6.09 Å². The standard InChI is InChI=1S/C13H24N2O3/c1-13(2,3)18-12(16)15-11-6-4-10(5-7-11)8-9-14-17/h9-11,17H,4-8H2,1-3H3,(H,15,16)/b14-9+/t10-,11-. The van der Waals surface area contributed by atoms with E-state index in [1.54, 1.807) is 6.21 Å². The Balaban J connectivity index is 2.25. The number of hydrogen-bond donors (Lipinski definition) is 2. The molecule has 1 aliphatic carbocycles. The monoisotopic (exact) mass is 256 g/mol. The molecule has 0 aliphatic heterocycles. The molecule has 1 aliphatic rings. The van der Waals surface area contributed by atoms with Crippen molar-refractivity contribution in [1.82, 2.24) is 5.32 Å². The quantitative estimate of drug-likeness (QED) is 0.463. The van der Waals surface area contributed by atoms with E-state index in [2.05, 4.69) is 10.5 Å². The van der Waals surface area contributed by atoms with Crippen molar-refractivity contribution < 1.29 is 14.7 Å². The van der Waals surface area contributed by atoms with E-state index in [9.17, 15) is 4.79 Å². The van der Waals surface area contributed by atoms with Crippen molar-refractivity contribution in [2.24, 2.45) is 11.1 Å². The Kier molecular flexibility index (Phi) is 5.44. The van der Waals surface area contributed by atoms with Crippen LogP contribution in [0.4, 0.5) is 4.79 Å². The lowest BCUT2D eigenvalue weighted by Crippen LogP contribution is -2.40. The van der Waals surface area contributed by atoms with E-state index in [4.69, 9.17) is 9.94 Å². The Morgan fingerprint density at radius 1 is 1.39 bits per heavy atom. The predicted octanol–water partition coefficient (Wildman–Crippen LogP) is 2.92. The summed E-state index contributed by atoms with van der Waals surface area (Å²) in [4.78, 5) is 11.6. The molecule has 0 aromatic rings. The lowest BCUT2D eigenvalue weighted by atomic mass is 9.84. The van der Waals surface area contributed by atoms with Crippen LogP contribution in [0.5, 0.6) is 0 Å². The van der Waals surface area contributed by atoms with Crippen LogP contribution < -0.4 is 5.32 Å². The first-order chi connectivity index (χ1) is 8.40. The highest BCUT2D eigenvalue weighted by atomic mass is 16.6. The number of ether oxygens (including phenoxy) is 1. The second-order valence-corrected chi connectivity index (χ2v) is 5.90. The van der Waals surface area contributed by atoms with Crippen LogP contribution in [-0.4, -0.2) is 29.2 Å². The molecule has 104 valence electrons. The molecule has 0 atom stereocenters. The van der Waals surface area contributed by atoms with E-state index >= 15 is 0 Å². The van der Waals surface area contributed by atoms with Gasteiger partial charge in [0.2, 0.25) is 0 Å². The minimum absolute atomic E-state index is 0.210. The summed E-state index contributed by atoms with van der Waals surface area (Å²) in [7, 11) is 0. The lowest BCUT2D eigenvalue weighted by molar-refractivity contribution is 0.0488. The maximum absolute atomic E-state index is 11.6. The van der Waals surface area contributed by atoms with Gasteiger partial charge in [-0.05, 0) is 58.8 Å². The van der Waals surface area contributed by atoms with Gasteiger partial charge in [0.05, 0.1) is 0 Å². The van der Waals surface area contributed by atoms with Crippen molar-refractivity contribution in [3.8, 4) is 0 Å². The van der Waals surface area contributed by atoms with Crippen LogP contribution in [-0.2, 0) is 4.74 Å². The molecule has 2 N–H and O–H groups in total. The minimum atomic E-state index is -0.446. The van der Waals surface area contributed by atoms with Crippen molar-refractivity contribution in [3.63, 3.8) is 0 Å². The smallest absolute Gasteiger partial charge is 0.407 e. The molecule has 0 heterocycles. The summed E-state index contributed by atoms with van der Waals surface area (Å²) < 4.78 is 5.23. The normalized spacial score (nSPS) is 25.1. The maximum Gasteiger partial charge on any atom is 0.407 e. The van der Waals surface area contributed by atoms with Crippen molar-refractivity contribution in [2.45, 2.75) is 64.5 Å². The number of nitrogens with one attached hydrogen (secondary N) is 1. The van der Waals surface area contributed by atoms with Crippen molar-refractivity contribution in [1.29, 1.82) is 0 Å². The van der Waals surface area contributed by atoms with Gasteiger partial charge in [-0.25, -0.2) is 4.79 Å². The molecule has 0 spiro atoms. The molecule has 1 fully saturated rings.